The summed E-state index contributed by atoms with van der Waals surface area (Å²) in [6, 6.07) is 4.76. The van der Waals surface area contributed by atoms with E-state index in [9.17, 15) is 14.9 Å². The van der Waals surface area contributed by atoms with Gasteiger partial charge in [0.1, 0.15) is 0 Å². The summed E-state index contributed by atoms with van der Waals surface area (Å²) in [6.45, 7) is 3.43. The van der Waals surface area contributed by atoms with Crippen molar-refractivity contribution in [3.63, 3.8) is 0 Å². The van der Waals surface area contributed by atoms with Gasteiger partial charge in [-0.05, 0) is 18.4 Å². The summed E-state index contributed by atoms with van der Waals surface area (Å²) in [5, 5.41) is 19.5. The molecule has 0 aromatic heterocycles. The maximum Gasteiger partial charge on any atom is 0.303 e. The van der Waals surface area contributed by atoms with E-state index in [-0.39, 0.29) is 18.0 Å². The van der Waals surface area contributed by atoms with E-state index in [1.165, 1.54) is 6.07 Å². The van der Waals surface area contributed by atoms with Crippen molar-refractivity contribution in [2.75, 3.05) is 0 Å². The first-order valence-corrected chi connectivity index (χ1v) is 4.89. The Morgan fingerprint density at radius 1 is 1.56 bits per heavy atom. The van der Waals surface area contributed by atoms with Crippen molar-refractivity contribution in [2.45, 2.75) is 26.2 Å². The molecule has 0 amide bonds. The lowest BCUT2D eigenvalue weighted by molar-refractivity contribution is -0.385. The Morgan fingerprint density at radius 2 is 2.19 bits per heavy atom. The molecule has 0 aliphatic carbocycles. The molecule has 0 fully saturated rings. The molecule has 5 heteroatoms. The van der Waals surface area contributed by atoms with Crippen molar-refractivity contribution in [3.8, 4) is 0 Å². The van der Waals surface area contributed by atoms with E-state index >= 15 is 0 Å². The number of carboxylic acids is 1. The van der Waals surface area contributed by atoms with Crippen LogP contribution < -0.4 is 0 Å². The van der Waals surface area contributed by atoms with Gasteiger partial charge in [-0.25, -0.2) is 0 Å². The smallest absolute Gasteiger partial charge is 0.303 e. The van der Waals surface area contributed by atoms with Gasteiger partial charge in [0.25, 0.3) is 5.69 Å². The summed E-state index contributed by atoms with van der Waals surface area (Å²) in [4.78, 5) is 21.0. The van der Waals surface area contributed by atoms with Crippen LogP contribution in [0.4, 0.5) is 5.69 Å². The van der Waals surface area contributed by atoms with Crippen molar-refractivity contribution < 1.29 is 14.8 Å². The van der Waals surface area contributed by atoms with Gasteiger partial charge in [0, 0.05) is 11.6 Å². The number of aliphatic carboxylic acids is 1. The van der Waals surface area contributed by atoms with Crippen LogP contribution in [0.15, 0.2) is 18.2 Å². The van der Waals surface area contributed by atoms with Gasteiger partial charge in [-0.1, -0.05) is 19.1 Å². The number of nitrogens with zero attached hydrogens (tertiary/aromatic N) is 1. The molecule has 1 rings (SSSR count). The molecule has 0 aliphatic heterocycles. The third-order valence-electron chi connectivity index (χ3n) is 2.47. The Hall–Kier alpha value is -1.91. The predicted octanol–water partition coefficient (Wildman–Crippen LogP) is 2.48. The van der Waals surface area contributed by atoms with E-state index in [4.69, 9.17) is 5.11 Å². The number of benzene rings is 1. The molecule has 5 nitrogen and oxygen atoms in total. The molecule has 0 spiro atoms. The highest BCUT2D eigenvalue weighted by atomic mass is 16.6. The standard InChI is InChI=1S/C11H13NO4/c1-7-4-3-5-9(12(15)16)11(7)8(2)6-10(13)14/h3-5,8H,6H2,1-2H3,(H,13,14). The van der Waals surface area contributed by atoms with Crippen LogP contribution in [0.1, 0.15) is 30.4 Å². The Balaban J connectivity index is 3.19. The van der Waals surface area contributed by atoms with Crippen LogP contribution in [0.2, 0.25) is 0 Å². The number of nitro groups is 1. The third kappa shape index (κ3) is 2.56. The van der Waals surface area contributed by atoms with Crippen LogP contribution in [-0.4, -0.2) is 16.0 Å². The summed E-state index contributed by atoms with van der Waals surface area (Å²) in [5.74, 6) is -1.32. The largest absolute Gasteiger partial charge is 0.481 e. The first-order valence-electron chi connectivity index (χ1n) is 4.89. The second-order valence-electron chi connectivity index (χ2n) is 3.76. The highest BCUT2D eigenvalue weighted by Gasteiger charge is 2.22. The summed E-state index contributed by atoms with van der Waals surface area (Å²) in [5.41, 5.74) is 1.26. The summed E-state index contributed by atoms with van der Waals surface area (Å²) < 4.78 is 0. The molecular weight excluding hydrogens is 210 g/mol. The number of carbonyl (C=O) groups is 1. The Bertz CT molecular complexity index is 428. The molecular formula is C11H13NO4. The van der Waals surface area contributed by atoms with Gasteiger partial charge >= 0.3 is 5.97 Å². The van der Waals surface area contributed by atoms with Crippen LogP contribution in [0.25, 0.3) is 0 Å². The predicted molar refractivity (Wildman–Crippen MR) is 58.5 cm³/mol. The fourth-order valence-corrected chi connectivity index (χ4v) is 1.83. The highest BCUT2D eigenvalue weighted by Crippen LogP contribution is 2.31. The Labute approximate surface area is 92.9 Å². The van der Waals surface area contributed by atoms with Gasteiger partial charge in [-0.3, -0.25) is 14.9 Å². The quantitative estimate of drug-likeness (QED) is 0.628. The van der Waals surface area contributed by atoms with Crippen LogP contribution in [0.5, 0.6) is 0 Å². The van der Waals surface area contributed by atoms with E-state index in [1.807, 2.05) is 0 Å². The van der Waals surface area contributed by atoms with E-state index in [0.29, 0.717) is 5.56 Å². The SMILES string of the molecule is Cc1cccc([N+](=O)[O-])c1C(C)CC(=O)O. The van der Waals surface area contributed by atoms with Crippen LogP contribution >= 0.6 is 0 Å². The Kier molecular flexibility index (Phi) is 3.60. The van der Waals surface area contributed by atoms with Crippen molar-refractivity contribution in [1.82, 2.24) is 0 Å². The van der Waals surface area contributed by atoms with Gasteiger partial charge in [0.05, 0.1) is 11.3 Å². The summed E-state index contributed by atoms with van der Waals surface area (Å²) in [6.07, 6.45) is -0.105. The number of carboxylic acid groups (broad SMARTS) is 1. The number of rotatable bonds is 4. The second-order valence-corrected chi connectivity index (χ2v) is 3.76. The molecule has 86 valence electrons. The molecule has 1 aromatic rings. The fourth-order valence-electron chi connectivity index (χ4n) is 1.83. The molecule has 0 radical (unpaired) electrons. The zero-order chi connectivity index (χ0) is 12.3. The second kappa shape index (κ2) is 4.74. The van der Waals surface area contributed by atoms with Gasteiger partial charge < -0.3 is 5.11 Å². The molecule has 0 aliphatic rings. The van der Waals surface area contributed by atoms with Crippen molar-refractivity contribution in [2.24, 2.45) is 0 Å². The van der Waals surface area contributed by atoms with Gasteiger partial charge in [-0.2, -0.15) is 0 Å². The van der Waals surface area contributed by atoms with Crippen molar-refractivity contribution in [1.29, 1.82) is 0 Å². The average Bonchev–Trinajstić information content (AvgIpc) is 2.15. The van der Waals surface area contributed by atoms with Gasteiger partial charge in [-0.15, -0.1) is 0 Å². The molecule has 1 unspecified atom stereocenters. The van der Waals surface area contributed by atoms with Gasteiger partial charge in [0.2, 0.25) is 0 Å². The minimum Gasteiger partial charge on any atom is -0.481 e. The van der Waals surface area contributed by atoms with Crippen LogP contribution in [0.3, 0.4) is 0 Å². The number of hydrogen-bond acceptors (Lipinski definition) is 3. The number of aryl methyl sites for hydroxylation is 1. The summed E-state index contributed by atoms with van der Waals surface area (Å²) in [7, 11) is 0. The molecule has 1 aromatic carbocycles. The van der Waals surface area contributed by atoms with E-state index in [1.54, 1.807) is 26.0 Å². The molecule has 0 saturated carbocycles. The van der Waals surface area contributed by atoms with Gasteiger partial charge in [0.15, 0.2) is 0 Å². The lowest BCUT2D eigenvalue weighted by Gasteiger charge is -2.12. The molecule has 0 heterocycles. The molecule has 1 N–H and O–H groups in total. The Morgan fingerprint density at radius 3 is 2.69 bits per heavy atom. The zero-order valence-corrected chi connectivity index (χ0v) is 9.14. The monoisotopic (exact) mass is 223 g/mol. The lowest BCUT2D eigenvalue weighted by Crippen LogP contribution is -2.07. The zero-order valence-electron chi connectivity index (χ0n) is 9.14. The van der Waals surface area contributed by atoms with E-state index < -0.39 is 10.9 Å². The topological polar surface area (TPSA) is 80.4 Å². The van der Waals surface area contributed by atoms with E-state index in [2.05, 4.69) is 0 Å². The number of nitro benzene ring substituents is 1. The minimum absolute atomic E-state index is 0.00579. The fraction of sp³-hybridized carbons (Fsp3) is 0.364. The first kappa shape index (κ1) is 12.2. The van der Waals surface area contributed by atoms with Crippen LogP contribution in [-0.2, 0) is 4.79 Å². The normalized spacial score (nSPS) is 12.1. The van der Waals surface area contributed by atoms with Crippen molar-refractivity contribution in [3.05, 3.63) is 39.4 Å². The van der Waals surface area contributed by atoms with Crippen LogP contribution in [0, 0.1) is 17.0 Å². The highest BCUT2D eigenvalue weighted by molar-refractivity contribution is 5.68. The van der Waals surface area contributed by atoms with Crippen molar-refractivity contribution >= 4 is 11.7 Å². The average molecular weight is 223 g/mol. The van der Waals surface area contributed by atoms with E-state index in [0.717, 1.165) is 5.56 Å². The lowest BCUT2D eigenvalue weighted by atomic mass is 9.92. The summed E-state index contributed by atoms with van der Waals surface area (Å²) >= 11 is 0. The first-order chi connectivity index (χ1) is 7.43. The maximum absolute atomic E-state index is 10.8. The molecule has 16 heavy (non-hydrogen) atoms. The molecule has 0 bridgehead atoms. The third-order valence-corrected chi connectivity index (χ3v) is 2.47. The minimum atomic E-state index is -0.954. The number of hydrogen-bond donors (Lipinski definition) is 1. The maximum atomic E-state index is 10.8. The molecule has 0 saturated heterocycles. The molecule has 1 atom stereocenters.